The first-order valence-corrected chi connectivity index (χ1v) is 8.89. The Labute approximate surface area is 125 Å². The molecule has 0 radical (unpaired) electrons. The number of benzene rings is 1. The second-order valence-corrected chi connectivity index (χ2v) is 8.20. The van der Waals surface area contributed by atoms with Gasteiger partial charge in [-0.3, -0.25) is 0 Å². The maximum atomic E-state index is 13.7. The minimum absolute atomic E-state index is 0.0154. The van der Waals surface area contributed by atoms with Crippen LogP contribution in [0.5, 0.6) is 0 Å². The van der Waals surface area contributed by atoms with E-state index >= 15 is 0 Å². The summed E-state index contributed by atoms with van der Waals surface area (Å²) in [6, 6.07) is 5.07. The Bertz CT molecular complexity index is 416. The lowest BCUT2D eigenvalue weighted by Gasteiger charge is -2.32. The largest absolute Gasteiger partial charge is 0.326 e. The Morgan fingerprint density at radius 1 is 1.44 bits per heavy atom. The Kier molecular flexibility index (Phi) is 5.42. The molecule has 1 heterocycles. The number of nitrogens with two attached hydrogens (primary N) is 1. The zero-order valence-electron chi connectivity index (χ0n) is 10.2. The van der Waals surface area contributed by atoms with Crippen molar-refractivity contribution < 1.29 is 4.39 Å². The molecule has 1 aromatic rings. The molecule has 1 aliphatic heterocycles. The van der Waals surface area contributed by atoms with Crippen LogP contribution in [0.4, 0.5) is 4.39 Å². The normalized spacial score (nSPS) is 26.0. The van der Waals surface area contributed by atoms with Crippen molar-refractivity contribution >= 4 is 39.5 Å². The highest BCUT2D eigenvalue weighted by Gasteiger charge is 2.28. The average Bonchev–Trinajstić information content (AvgIpc) is 2.34. The summed E-state index contributed by atoms with van der Waals surface area (Å²) in [5, 5.41) is 0.969. The van der Waals surface area contributed by atoms with E-state index in [0.717, 1.165) is 10.2 Å². The van der Waals surface area contributed by atoms with E-state index in [1.165, 1.54) is 11.8 Å². The molecule has 0 amide bonds. The van der Waals surface area contributed by atoms with Crippen molar-refractivity contribution in [1.29, 1.82) is 0 Å². The second kappa shape index (κ2) is 6.64. The summed E-state index contributed by atoms with van der Waals surface area (Å²) in [5.41, 5.74) is 6.98. The van der Waals surface area contributed by atoms with Gasteiger partial charge in [-0.15, -0.1) is 0 Å². The third kappa shape index (κ3) is 3.65. The predicted octanol–water partition coefficient (Wildman–Crippen LogP) is 3.70. The quantitative estimate of drug-likeness (QED) is 0.900. The molecule has 0 spiro atoms. The van der Waals surface area contributed by atoms with Gasteiger partial charge in [0, 0.05) is 32.5 Å². The summed E-state index contributed by atoms with van der Waals surface area (Å²) < 4.78 is 14.6. The predicted molar refractivity (Wildman–Crippen MR) is 83.9 cm³/mol. The minimum Gasteiger partial charge on any atom is -0.326 e. The monoisotopic (exact) mass is 349 g/mol. The van der Waals surface area contributed by atoms with E-state index in [9.17, 15) is 4.39 Å². The Hall–Kier alpha value is 0.290. The van der Waals surface area contributed by atoms with E-state index < -0.39 is 0 Å². The first-order valence-electron chi connectivity index (χ1n) is 6.00. The van der Waals surface area contributed by atoms with Gasteiger partial charge in [0.15, 0.2) is 0 Å². The van der Waals surface area contributed by atoms with Gasteiger partial charge in [-0.2, -0.15) is 23.5 Å². The first kappa shape index (κ1) is 14.7. The van der Waals surface area contributed by atoms with Crippen molar-refractivity contribution in [3.63, 3.8) is 0 Å². The highest BCUT2D eigenvalue weighted by atomic mass is 79.9. The van der Waals surface area contributed by atoms with E-state index in [1.54, 1.807) is 6.07 Å². The molecule has 3 unspecified atom stereocenters. The minimum atomic E-state index is -0.158. The van der Waals surface area contributed by atoms with Crippen molar-refractivity contribution in [2.75, 3.05) is 11.5 Å². The first-order chi connectivity index (χ1) is 8.58. The maximum absolute atomic E-state index is 13.7. The number of hydrogen-bond acceptors (Lipinski definition) is 3. The van der Waals surface area contributed by atoms with E-state index in [4.69, 9.17) is 5.73 Å². The molecule has 100 valence electrons. The maximum Gasteiger partial charge on any atom is 0.126 e. The molecule has 0 aromatic heterocycles. The SMILES string of the molecule is CC1SCCSC1C(N)Cc1cc(Br)ccc1F. The van der Waals surface area contributed by atoms with Crippen LogP contribution in [-0.2, 0) is 6.42 Å². The average molecular weight is 350 g/mol. The number of halogens is 2. The van der Waals surface area contributed by atoms with Gasteiger partial charge in [-0.05, 0) is 30.2 Å². The number of hydrogen-bond donors (Lipinski definition) is 1. The van der Waals surface area contributed by atoms with Crippen LogP contribution < -0.4 is 5.73 Å². The second-order valence-electron chi connectivity index (χ2n) is 4.52. The van der Waals surface area contributed by atoms with Gasteiger partial charge in [-0.1, -0.05) is 22.9 Å². The lowest BCUT2D eigenvalue weighted by atomic mass is 10.0. The fraction of sp³-hybridized carbons (Fsp3) is 0.538. The molecule has 0 bridgehead atoms. The number of rotatable bonds is 3. The number of thioether (sulfide) groups is 2. The van der Waals surface area contributed by atoms with Crippen molar-refractivity contribution in [1.82, 2.24) is 0 Å². The molecular weight excluding hydrogens is 333 g/mol. The van der Waals surface area contributed by atoms with Crippen LogP contribution in [0.1, 0.15) is 12.5 Å². The lowest BCUT2D eigenvalue weighted by Crippen LogP contribution is -2.42. The van der Waals surface area contributed by atoms with E-state index in [2.05, 4.69) is 22.9 Å². The Morgan fingerprint density at radius 2 is 2.17 bits per heavy atom. The molecule has 5 heteroatoms. The zero-order valence-corrected chi connectivity index (χ0v) is 13.5. The van der Waals surface area contributed by atoms with E-state index in [-0.39, 0.29) is 11.9 Å². The summed E-state index contributed by atoms with van der Waals surface area (Å²) in [6.45, 7) is 2.22. The molecule has 18 heavy (non-hydrogen) atoms. The Balaban J connectivity index is 2.05. The zero-order chi connectivity index (χ0) is 13.1. The smallest absolute Gasteiger partial charge is 0.126 e. The van der Waals surface area contributed by atoms with Gasteiger partial charge in [0.2, 0.25) is 0 Å². The van der Waals surface area contributed by atoms with Gasteiger partial charge in [0.1, 0.15) is 5.82 Å². The highest BCUT2D eigenvalue weighted by Crippen LogP contribution is 2.33. The van der Waals surface area contributed by atoms with Crippen LogP contribution in [0.2, 0.25) is 0 Å². The van der Waals surface area contributed by atoms with Crippen LogP contribution in [0.25, 0.3) is 0 Å². The van der Waals surface area contributed by atoms with Crippen molar-refractivity contribution in [2.45, 2.75) is 29.9 Å². The molecule has 0 aliphatic carbocycles. The van der Waals surface area contributed by atoms with Crippen molar-refractivity contribution in [2.24, 2.45) is 5.73 Å². The summed E-state index contributed by atoms with van der Waals surface area (Å²) in [7, 11) is 0. The fourth-order valence-corrected chi connectivity index (χ4v) is 5.49. The van der Waals surface area contributed by atoms with Crippen LogP contribution in [0.15, 0.2) is 22.7 Å². The molecule has 3 atom stereocenters. The van der Waals surface area contributed by atoms with Crippen molar-refractivity contribution in [3.8, 4) is 0 Å². The highest BCUT2D eigenvalue weighted by molar-refractivity contribution is 9.10. The summed E-state index contributed by atoms with van der Waals surface area (Å²) in [6.07, 6.45) is 0.605. The van der Waals surface area contributed by atoms with E-state index in [1.807, 2.05) is 29.6 Å². The van der Waals surface area contributed by atoms with Gasteiger partial charge < -0.3 is 5.73 Å². The van der Waals surface area contributed by atoms with Crippen LogP contribution >= 0.6 is 39.5 Å². The fourth-order valence-electron chi connectivity index (χ4n) is 2.19. The summed E-state index contributed by atoms with van der Waals surface area (Å²) in [4.78, 5) is 0. The summed E-state index contributed by atoms with van der Waals surface area (Å²) in [5.74, 6) is 2.18. The molecular formula is C13H17BrFNS2. The molecule has 1 saturated heterocycles. The van der Waals surface area contributed by atoms with Gasteiger partial charge in [0.05, 0.1) is 0 Å². The van der Waals surface area contributed by atoms with Gasteiger partial charge >= 0.3 is 0 Å². The van der Waals surface area contributed by atoms with Crippen LogP contribution in [-0.4, -0.2) is 28.0 Å². The van der Waals surface area contributed by atoms with Crippen molar-refractivity contribution in [3.05, 3.63) is 34.1 Å². The standard InChI is InChI=1S/C13H17BrFNS2/c1-8-13(18-5-4-17-8)12(16)7-9-6-10(14)2-3-11(9)15/h2-3,6,8,12-13H,4-5,7,16H2,1H3. The van der Waals surface area contributed by atoms with Crippen LogP contribution in [0, 0.1) is 5.82 Å². The third-order valence-corrected chi connectivity index (χ3v) is 6.89. The molecule has 0 saturated carbocycles. The topological polar surface area (TPSA) is 26.0 Å². The molecule has 2 N–H and O–H groups in total. The molecule has 1 aliphatic rings. The Morgan fingerprint density at radius 3 is 2.89 bits per heavy atom. The van der Waals surface area contributed by atoms with E-state index in [0.29, 0.717) is 22.5 Å². The molecule has 2 rings (SSSR count). The molecule has 1 aromatic carbocycles. The van der Waals surface area contributed by atoms with Gasteiger partial charge in [0.25, 0.3) is 0 Å². The lowest BCUT2D eigenvalue weighted by molar-refractivity contribution is 0.571. The third-order valence-electron chi connectivity index (χ3n) is 3.12. The van der Waals surface area contributed by atoms with Crippen LogP contribution in [0.3, 0.4) is 0 Å². The summed E-state index contributed by atoms with van der Waals surface area (Å²) >= 11 is 7.27. The van der Waals surface area contributed by atoms with Gasteiger partial charge in [-0.25, -0.2) is 4.39 Å². The molecule has 1 nitrogen and oxygen atoms in total. The molecule has 1 fully saturated rings.